The Kier molecular flexibility index (Phi) is 9.00. The van der Waals surface area contributed by atoms with Crippen LogP contribution in [-0.2, 0) is 10.2 Å². The van der Waals surface area contributed by atoms with Crippen LogP contribution in [0.5, 0.6) is 0 Å². The van der Waals surface area contributed by atoms with E-state index in [0.29, 0.717) is 25.4 Å². The van der Waals surface area contributed by atoms with Gasteiger partial charge in [0.2, 0.25) is 5.82 Å². The van der Waals surface area contributed by atoms with Crippen molar-refractivity contribution < 1.29 is 9.53 Å². The van der Waals surface area contributed by atoms with Gasteiger partial charge >= 0.3 is 6.03 Å². The minimum Gasteiger partial charge on any atom is -0.385 e. The van der Waals surface area contributed by atoms with Crippen molar-refractivity contribution in [2.24, 2.45) is 5.41 Å². The third-order valence-corrected chi connectivity index (χ3v) is 7.67. The maximum atomic E-state index is 13.3. The van der Waals surface area contributed by atoms with Gasteiger partial charge in [-0.3, -0.25) is 4.90 Å². The Bertz CT molecular complexity index is 947. The summed E-state index contributed by atoms with van der Waals surface area (Å²) < 4.78 is 5.10. The molecule has 1 heterocycles. The number of ether oxygens (including phenoxy) is 1. The summed E-state index contributed by atoms with van der Waals surface area (Å²) in [4.78, 5) is 23.2. The molecular weight excluding hydrogens is 426 g/mol. The number of anilines is 1. The standard InChI is InChI=1S/C27H37N5O2/c1-4-26(12-14-27(5-2,15-13-26)22-10-7-6-8-11-22)21-32(25(33)29-16-9-17-34-3)23-19-30-24(18-28)31-20-23/h6-8,10-11,19-20H,4-5,9,12-17,21H2,1-3H3,(H,29,33). The predicted octanol–water partition coefficient (Wildman–Crippen LogP) is 5.22. The summed E-state index contributed by atoms with van der Waals surface area (Å²) >= 11 is 0. The van der Waals surface area contributed by atoms with E-state index in [2.05, 4.69) is 59.5 Å². The lowest BCUT2D eigenvalue weighted by molar-refractivity contribution is 0.123. The third-order valence-electron chi connectivity index (χ3n) is 7.67. The largest absolute Gasteiger partial charge is 0.385 e. The van der Waals surface area contributed by atoms with Gasteiger partial charge in [0.1, 0.15) is 6.07 Å². The molecule has 7 nitrogen and oxygen atoms in total. The highest BCUT2D eigenvalue weighted by atomic mass is 16.5. The predicted molar refractivity (Wildman–Crippen MR) is 134 cm³/mol. The van der Waals surface area contributed by atoms with Crippen LogP contribution in [0.15, 0.2) is 42.7 Å². The van der Waals surface area contributed by atoms with Gasteiger partial charge in [0.25, 0.3) is 0 Å². The van der Waals surface area contributed by atoms with E-state index < -0.39 is 0 Å². The van der Waals surface area contributed by atoms with Crippen molar-refractivity contribution in [2.75, 3.05) is 31.7 Å². The van der Waals surface area contributed by atoms with E-state index >= 15 is 0 Å². The van der Waals surface area contributed by atoms with E-state index in [1.165, 1.54) is 5.56 Å². The van der Waals surface area contributed by atoms with Gasteiger partial charge in [0.05, 0.1) is 18.1 Å². The number of amides is 2. The summed E-state index contributed by atoms with van der Waals surface area (Å²) in [5, 5.41) is 12.1. The highest BCUT2D eigenvalue weighted by molar-refractivity contribution is 5.91. The van der Waals surface area contributed by atoms with Crippen molar-refractivity contribution in [3.8, 4) is 6.07 Å². The fourth-order valence-corrected chi connectivity index (χ4v) is 5.16. The number of urea groups is 1. The lowest BCUT2D eigenvalue weighted by Gasteiger charge is -2.48. The highest BCUT2D eigenvalue weighted by Gasteiger charge is 2.43. The van der Waals surface area contributed by atoms with E-state index in [1.54, 1.807) is 24.4 Å². The number of nitriles is 1. The second-order valence-corrected chi connectivity index (χ2v) is 9.39. The van der Waals surface area contributed by atoms with Crippen molar-refractivity contribution >= 4 is 11.7 Å². The Morgan fingerprint density at radius 2 is 1.79 bits per heavy atom. The number of hydrogen-bond acceptors (Lipinski definition) is 5. The molecule has 1 saturated carbocycles. The summed E-state index contributed by atoms with van der Waals surface area (Å²) in [6, 6.07) is 12.7. The molecule has 7 heteroatoms. The molecule has 0 saturated heterocycles. The molecule has 0 unspecified atom stereocenters. The molecule has 0 spiro atoms. The van der Waals surface area contributed by atoms with E-state index in [1.807, 2.05) is 6.07 Å². The van der Waals surface area contributed by atoms with Crippen LogP contribution in [0.1, 0.15) is 70.2 Å². The first-order valence-corrected chi connectivity index (χ1v) is 12.3. The molecule has 1 aromatic carbocycles. The molecule has 2 aromatic rings. The molecule has 1 aliphatic carbocycles. The Labute approximate surface area is 203 Å². The van der Waals surface area contributed by atoms with Crippen LogP contribution in [0.4, 0.5) is 10.5 Å². The fraction of sp³-hybridized carbons (Fsp3) is 0.556. The van der Waals surface area contributed by atoms with Crippen LogP contribution in [-0.4, -0.2) is 42.8 Å². The summed E-state index contributed by atoms with van der Waals surface area (Å²) in [6.07, 6.45) is 10.3. The number of rotatable bonds is 10. The van der Waals surface area contributed by atoms with Gasteiger partial charge in [-0.1, -0.05) is 44.2 Å². The molecule has 1 aliphatic rings. The third kappa shape index (κ3) is 5.92. The minimum absolute atomic E-state index is 0.0191. The SMILES string of the molecule is CCC1(CN(C(=O)NCCCOC)c2cnc(C#N)nc2)CCC(CC)(c2ccccc2)CC1. The van der Waals surface area contributed by atoms with Crippen LogP contribution in [0, 0.1) is 16.7 Å². The molecule has 0 atom stereocenters. The molecule has 182 valence electrons. The van der Waals surface area contributed by atoms with Crippen molar-refractivity contribution in [1.29, 1.82) is 5.26 Å². The number of benzene rings is 1. The van der Waals surface area contributed by atoms with Gasteiger partial charge in [0.15, 0.2) is 0 Å². The van der Waals surface area contributed by atoms with Crippen LogP contribution < -0.4 is 10.2 Å². The van der Waals surface area contributed by atoms with Crippen molar-refractivity contribution in [1.82, 2.24) is 15.3 Å². The number of nitrogens with one attached hydrogen (secondary N) is 1. The van der Waals surface area contributed by atoms with E-state index in [0.717, 1.165) is 44.9 Å². The Morgan fingerprint density at radius 3 is 2.35 bits per heavy atom. The second kappa shape index (κ2) is 11.9. The van der Waals surface area contributed by atoms with Gasteiger partial charge in [-0.2, -0.15) is 5.26 Å². The number of methoxy groups -OCH3 is 1. The van der Waals surface area contributed by atoms with E-state index in [9.17, 15) is 4.79 Å². The number of aromatic nitrogens is 2. The molecule has 34 heavy (non-hydrogen) atoms. The van der Waals surface area contributed by atoms with Gasteiger partial charge in [-0.25, -0.2) is 14.8 Å². The summed E-state index contributed by atoms with van der Waals surface area (Å²) in [7, 11) is 1.65. The quantitative estimate of drug-likeness (QED) is 0.488. The van der Waals surface area contributed by atoms with E-state index in [-0.39, 0.29) is 22.7 Å². The molecule has 2 amide bonds. The maximum Gasteiger partial charge on any atom is 0.321 e. The molecule has 0 radical (unpaired) electrons. The summed E-state index contributed by atoms with van der Waals surface area (Å²) in [6.45, 7) is 6.25. The average molecular weight is 464 g/mol. The Hall–Kier alpha value is -2.98. The first-order valence-electron chi connectivity index (χ1n) is 12.3. The monoisotopic (exact) mass is 463 g/mol. The topological polar surface area (TPSA) is 91.1 Å². The number of carbonyl (C=O) groups excluding carboxylic acids is 1. The zero-order valence-corrected chi connectivity index (χ0v) is 20.7. The van der Waals surface area contributed by atoms with E-state index in [4.69, 9.17) is 10.00 Å². The molecule has 1 aromatic heterocycles. The minimum atomic E-state index is -0.160. The first kappa shape index (κ1) is 25.6. The summed E-state index contributed by atoms with van der Waals surface area (Å²) in [5.41, 5.74) is 2.26. The van der Waals surface area contributed by atoms with Crippen molar-refractivity contribution in [3.05, 3.63) is 54.1 Å². The Balaban J connectivity index is 1.80. The molecule has 1 fully saturated rings. The lowest BCUT2D eigenvalue weighted by atomic mass is 9.59. The average Bonchev–Trinajstić information content (AvgIpc) is 2.90. The van der Waals surface area contributed by atoms with Crippen LogP contribution in [0.2, 0.25) is 0 Å². The number of nitrogens with zero attached hydrogens (tertiary/aromatic N) is 4. The fourth-order valence-electron chi connectivity index (χ4n) is 5.16. The molecule has 0 aliphatic heterocycles. The number of carbonyl (C=O) groups is 1. The smallest absolute Gasteiger partial charge is 0.321 e. The van der Waals surface area contributed by atoms with Gasteiger partial charge in [0, 0.05) is 26.8 Å². The first-order chi connectivity index (χ1) is 16.5. The molecule has 0 bridgehead atoms. The van der Waals surface area contributed by atoms with Gasteiger partial charge in [-0.15, -0.1) is 0 Å². The summed E-state index contributed by atoms with van der Waals surface area (Å²) in [5.74, 6) is 0.0997. The maximum absolute atomic E-state index is 13.3. The van der Waals surface area contributed by atoms with Crippen LogP contribution in [0.3, 0.4) is 0 Å². The molecule has 1 N–H and O–H groups in total. The zero-order chi connectivity index (χ0) is 24.4. The van der Waals surface area contributed by atoms with Crippen molar-refractivity contribution in [2.45, 2.75) is 64.2 Å². The van der Waals surface area contributed by atoms with Crippen LogP contribution in [0.25, 0.3) is 0 Å². The Morgan fingerprint density at radius 1 is 1.12 bits per heavy atom. The lowest BCUT2D eigenvalue weighted by Crippen LogP contribution is -2.49. The molecular formula is C27H37N5O2. The van der Waals surface area contributed by atoms with Crippen molar-refractivity contribution in [3.63, 3.8) is 0 Å². The normalized spacial score (nSPS) is 22.1. The van der Waals surface area contributed by atoms with Gasteiger partial charge < -0.3 is 10.1 Å². The van der Waals surface area contributed by atoms with Crippen LogP contribution >= 0.6 is 0 Å². The second-order valence-electron chi connectivity index (χ2n) is 9.39. The zero-order valence-electron chi connectivity index (χ0n) is 20.7. The molecule has 3 rings (SSSR count). The highest BCUT2D eigenvalue weighted by Crippen LogP contribution is 2.50. The van der Waals surface area contributed by atoms with Gasteiger partial charge in [-0.05, 0) is 61.3 Å². The number of hydrogen-bond donors (Lipinski definition) is 1.